The molecule has 0 aliphatic heterocycles. The number of halogens is 3. The smallest absolute Gasteiger partial charge is 0.171 e. The first-order chi connectivity index (χ1) is 54.6. The van der Waals surface area contributed by atoms with Crippen molar-refractivity contribution in [1.29, 1.82) is 0 Å². The summed E-state index contributed by atoms with van der Waals surface area (Å²) in [5.41, 5.74) is 45.1. The molecule has 0 radical (unpaired) electrons. The molecule has 0 fully saturated rings. The van der Waals surface area contributed by atoms with Crippen LogP contribution < -0.4 is 0 Å². The van der Waals surface area contributed by atoms with Crippen LogP contribution in [0.4, 0.5) is 13.2 Å². The van der Waals surface area contributed by atoms with Gasteiger partial charge in [-0.15, -0.1) is 0 Å². The molecular formula is C114H141F3. The molecule has 12 aromatic rings. The largest absolute Gasteiger partial charge is 0.394 e. The van der Waals surface area contributed by atoms with Gasteiger partial charge in [0.25, 0.3) is 0 Å². The molecular weight excluding hydrogens is 1430 g/mol. The van der Waals surface area contributed by atoms with Crippen LogP contribution in [-0.4, -0.2) is 6.18 Å². The zero-order valence-electron chi connectivity index (χ0n) is 77.6. The van der Waals surface area contributed by atoms with E-state index < -0.39 is 11.6 Å². The van der Waals surface area contributed by atoms with Gasteiger partial charge < -0.3 is 0 Å². The van der Waals surface area contributed by atoms with Gasteiger partial charge >= 0.3 is 6.18 Å². The Morgan fingerprint density at radius 3 is 0.803 bits per heavy atom. The van der Waals surface area contributed by atoms with Gasteiger partial charge in [0.2, 0.25) is 0 Å². The number of rotatable bonds is 14. The molecule has 618 valence electrons. The highest BCUT2D eigenvalue weighted by Gasteiger charge is 2.47. The Morgan fingerprint density at radius 1 is 0.239 bits per heavy atom. The van der Waals surface area contributed by atoms with Gasteiger partial charge in [-0.3, -0.25) is 0 Å². The number of hydrogen-bond donors (Lipinski definition) is 0. The molecule has 0 saturated heterocycles. The lowest BCUT2D eigenvalue weighted by molar-refractivity contribution is -0.211. The fraction of sp³-hybridized carbons (Fsp3) is 0.368. The van der Waals surface area contributed by atoms with Gasteiger partial charge in [-0.2, -0.15) is 13.2 Å². The molecule has 0 atom stereocenters. The first-order valence-electron chi connectivity index (χ1n) is 42.7. The Labute approximate surface area is 708 Å². The minimum absolute atomic E-state index is 0.0111. The van der Waals surface area contributed by atoms with Crippen molar-refractivity contribution in [3.63, 3.8) is 0 Å². The van der Waals surface area contributed by atoms with Crippen molar-refractivity contribution in [1.82, 2.24) is 0 Å². The molecule has 0 aromatic heterocycles. The minimum atomic E-state index is -4.21. The van der Waals surface area contributed by atoms with Crippen LogP contribution >= 0.6 is 0 Å². The summed E-state index contributed by atoms with van der Waals surface area (Å²) in [6.07, 6.45) is -0.809. The second-order valence-corrected chi connectivity index (χ2v) is 37.9. The molecule has 0 spiro atoms. The average Bonchev–Trinajstić information content (AvgIpc) is 0.776. The van der Waals surface area contributed by atoms with Crippen LogP contribution in [0.15, 0.2) is 224 Å². The lowest BCUT2D eigenvalue weighted by Gasteiger charge is -2.28. The highest BCUT2D eigenvalue weighted by molar-refractivity contribution is 5.73. The van der Waals surface area contributed by atoms with Crippen molar-refractivity contribution in [3.05, 3.63) is 352 Å². The van der Waals surface area contributed by atoms with Crippen molar-refractivity contribution < 1.29 is 13.2 Å². The summed E-state index contributed by atoms with van der Waals surface area (Å²) in [5.74, 6) is 1.72. The van der Waals surface area contributed by atoms with Gasteiger partial charge in [-0.25, -0.2) is 0 Å². The van der Waals surface area contributed by atoms with Crippen LogP contribution in [0.2, 0.25) is 0 Å². The molecule has 0 unspecified atom stereocenters. The molecule has 0 bridgehead atoms. The highest BCUT2D eigenvalue weighted by atomic mass is 19.4. The fourth-order valence-corrected chi connectivity index (χ4v) is 15.3. The third kappa shape index (κ3) is 27.8. The molecule has 0 aliphatic carbocycles. The van der Waals surface area contributed by atoms with Crippen molar-refractivity contribution in [3.8, 4) is 66.8 Å². The Kier molecular flexibility index (Phi) is 33.3. The van der Waals surface area contributed by atoms with E-state index in [1.165, 1.54) is 186 Å². The highest BCUT2D eigenvalue weighted by Crippen LogP contribution is 2.42. The third-order valence-corrected chi connectivity index (χ3v) is 23.3. The van der Waals surface area contributed by atoms with Gasteiger partial charge in [0.05, 0.1) is 5.41 Å². The summed E-state index contributed by atoms with van der Waals surface area (Å²) in [6.45, 7) is 66.5. The molecule has 0 amide bonds. The molecule has 0 heterocycles. The Bertz CT molecular complexity index is 5150. The van der Waals surface area contributed by atoms with Crippen molar-refractivity contribution in [2.75, 3.05) is 0 Å². The maximum atomic E-state index is 13.1. The van der Waals surface area contributed by atoms with Gasteiger partial charge in [0.1, 0.15) is 0 Å². The number of hydrogen-bond acceptors (Lipinski definition) is 0. The first kappa shape index (κ1) is 94.6. The molecule has 0 nitrogen and oxygen atoms in total. The molecule has 12 aromatic carbocycles. The normalized spacial score (nSPS) is 11.5. The van der Waals surface area contributed by atoms with Gasteiger partial charge in [0, 0.05) is 0 Å². The standard InChI is InChI=1S/C22H27F3.C22H30.C20H26.C19H24.C16H18.C15H16/c1-14(2)20-12-18(9-7-15(20)3)19-10-8-17(11-16(19)4)13-21(5,6)22(23,24)25;1-15(2)21-13-19(10-8-16(21)3)20-11-9-18(12-17(20)4)14-22(5,6)7;1-14-11-19(12-15(2)16(14)3)18-9-7-17(8-10-18)13-20(4,5)6;1-13(2)10-17-6-8-18(9-7-17)19-11-14(3)16(5)15(4)12-19;1-11-5-7-15(8-6-11)16-9-12(2)14(4)13(3)10-16;1-11-9-15(10-12(2)13(11)3)14-7-5-4-6-8-14/h7-12,14H,13H2,1-6H3;8-13,15H,14H2,1-7H3;7-12H,13H2,1-6H3;6-9,11-13H,10H2,1-5H3;5-10H,1-4H3;4-10H,1-3H3. The molecule has 0 aliphatic rings. The minimum Gasteiger partial charge on any atom is -0.171 e. The quantitative estimate of drug-likeness (QED) is 0.102. The van der Waals surface area contributed by atoms with Crippen LogP contribution in [0.5, 0.6) is 0 Å². The van der Waals surface area contributed by atoms with Crippen molar-refractivity contribution in [2.45, 2.75) is 258 Å². The zero-order chi connectivity index (χ0) is 86.9. The monoisotopic (exact) mass is 1570 g/mol. The van der Waals surface area contributed by atoms with Crippen LogP contribution in [0, 0.1) is 140 Å². The summed E-state index contributed by atoms with van der Waals surface area (Å²) >= 11 is 0. The maximum Gasteiger partial charge on any atom is 0.394 e. The van der Waals surface area contributed by atoms with Gasteiger partial charge in [-0.05, 0) is 361 Å². The fourth-order valence-electron chi connectivity index (χ4n) is 15.3. The lowest BCUT2D eigenvalue weighted by Crippen LogP contribution is -2.34. The van der Waals surface area contributed by atoms with E-state index in [9.17, 15) is 13.2 Å². The van der Waals surface area contributed by atoms with Gasteiger partial charge in [0.15, 0.2) is 0 Å². The third-order valence-electron chi connectivity index (χ3n) is 23.3. The van der Waals surface area contributed by atoms with E-state index in [1.54, 1.807) is 0 Å². The number of alkyl halides is 3. The van der Waals surface area contributed by atoms with Crippen LogP contribution in [0.3, 0.4) is 0 Å². The zero-order valence-corrected chi connectivity index (χ0v) is 77.6. The Balaban J connectivity index is 0.000000195. The van der Waals surface area contributed by atoms with E-state index in [0.29, 0.717) is 22.7 Å². The van der Waals surface area contributed by atoms with Gasteiger partial charge in [-0.1, -0.05) is 327 Å². The van der Waals surface area contributed by atoms with E-state index in [0.717, 1.165) is 47.4 Å². The molecule has 0 N–H and O–H groups in total. The van der Waals surface area contributed by atoms with E-state index >= 15 is 0 Å². The first-order valence-corrected chi connectivity index (χ1v) is 42.7. The van der Waals surface area contributed by atoms with E-state index in [-0.39, 0.29) is 6.42 Å². The maximum absolute atomic E-state index is 13.1. The Hall–Kier alpha value is -9.57. The summed E-state index contributed by atoms with van der Waals surface area (Å²) in [6, 6.07) is 81.4. The number of benzene rings is 12. The van der Waals surface area contributed by atoms with Crippen molar-refractivity contribution in [2.24, 2.45) is 22.2 Å². The molecule has 12 rings (SSSR count). The summed E-state index contributed by atoms with van der Waals surface area (Å²) < 4.78 is 39.4. The summed E-state index contributed by atoms with van der Waals surface area (Å²) in [7, 11) is 0. The van der Waals surface area contributed by atoms with Crippen molar-refractivity contribution >= 4 is 0 Å². The number of aryl methyl sites for hydroxylation is 13. The van der Waals surface area contributed by atoms with Crippen LogP contribution in [-0.2, 0) is 25.7 Å². The van der Waals surface area contributed by atoms with E-state index in [1.807, 2.05) is 25.1 Å². The topological polar surface area (TPSA) is 0 Å². The predicted octanol–water partition coefficient (Wildman–Crippen LogP) is 34.1. The summed E-state index contributed by atoms with van der Waals surface area (Å²) in [4.78, 5) is 0. The van der Waals surface area contributed by atoms with E-state index in [2.05, 4.69) is 400 Å². The predicted molar refractivity (Wildman–Crippen MR) is 508 cm³/mol. The van der Waals surface area contributed by atoms with Crippen LogP contribution in [0.25, 0.3) is 66.8 Å². The van der Waals surface area contributed by atoms with Crippen LogP contribution in [0.1, 0.15) is 237 Å². The molecule has 0 saturated carbocycles. The average molecular weight is 1570 g/mol. The Morgan fingerprint density at radius 2 is 0.513 bits per heavy atom. The lowest BCUT2D eigenvalue weighted by atomic mass is 9.83. The SMILES string of the molecule is Cc1cc(-c2ccc(CC(C)(C)C)cc2)cc(C)c1C.Cc1cc(-c2ccc(CC(C)C)cc2)cc(C)c1C.Cc1cc(-c2ccccc2)cc(C)c1C.Cc1cc(CC(C)(C)C(F)(F)F)ccc1-c1ccc(C)c(C(C)C)c1.Cc1cc(CC(C)(C)C)ccc1-c1ccc(C)c(C(C)C)c1.Cc1ccc(-c2cc(C)c(C)c(C)c2)cc1. The second kappa shape index (κ2) is 41.2. The molecule has 117 heavy (non-hydrogen) atoms. The summed E-state index contributed by atoms with van der Waals surface area (Å²) in [5, 5.41) is 0. The van der Waals surface area contributed by atoms with E-state index in [4.69, 9.17) is 0 Å². The molecule has 3 heteroatoms. The second-order valence-electron chi connectivity index (χ2n) is 37.9.